The average molecular weight is 458 g/mol. The number of ketones is 1. The smallest absolute Gasteiger partial charge is 0.211 e. The molecule has 3 aliphatic rings. The summed E-state index contributed by atoms with van der Waals surface area (Å²) in [6.45, 7) is 1.35. The van der Waals surface area contributed by atoms with Crippen molar-refractivity contribution in [2.45, 2.75) is 30.7 Å². The van der Waals surface area contributed by atoms with E-state index in [1.54, 1.807) is 30.2 Å². The van der Waals surface area contributed by atoms with Gasteiger partial charge in [0.1, 0.15) is 5.56 Å². The van der Waals surface area contributed by atoms with E-state index >= 15 is 0 Å². The van der Waals surface area contributed by atoms with Gasteiger partial charge >= 0.3 is 0 Å². The predicted octanol–water partition coefficient (Wildman–Crippen LogP) is 5.73. The number of allylic oxidation sites excluding steroid dienone is 1. The topological polar surface area (TPSA) is 78.9 Å². The maximum atomic E-state index is 13.4. The van der Waals surface area contributed by atoms with Crippen molar-refractivity contribution in [2.24, 2.45) is 10.9 Å². The molecule has 7 heteroatoms. The van der Waals surface area contributed by atoms with Crippen molar-refractivity contribution in [1.82, 2.24) is 4.98 Å². The number of rotatable bonds is 4. The third-order valence-electron chi connectivity index (χ3n) is 6.56. The number of aliphatic imine (C=N–C) groups is 1. The average Bonchev–Trinajstić information content (AvgIpc) is 3.25. The lowest BCUT2D eigenvalue weighted by Crippen LogP contribution is -2.28. The maximum Gasteiger partial charge on any atom is 0.211 e. The number of aromatic hydroxyl groups is 1. The molecule has 6 nitrogen and oxygen atoms in total. The summed E-state index contributed by atoms with van der Waals surface area (Å²) in [5.74, 6) is 2.13. The Morgan fingerprint density at radius 3 is 2.94 bits per heavy atom. The first-order valence-corrected chi connectivity index (χ1v) is 12.2. The van der Waals surface area contributed by atoms with Gasteiger partial charge in [-0.25, -0.2) is 9.98 Å². The molecule has 0 amide bonds. The van der Waals surface area contributed by atoms with Crippen LogP contribution in [0.5, 0.6) is 5.75 Å². The SMILES string of the molecule is O=C(c1c(N2CCSc3ccccc3C2)oc(C=C2C=Nc3ncccc32)c1O)C1CCC1. The van der Waals surface area contributed by atoms with Gasteiger partial charge in [-0.2, -0.15) is 0 Å². The molecule has 166 valence electrons. The molecular weight excluding hydrogens is 434 g/mol. The maximum absolute atomic E-state index is 13.4. The number of benzene rings is 1. The van der Waals surface area contributed by atoms with E-state index in [0.717, 1.165) is 42.7 Å². The molecule has 0 spiro atoms. The molecule has 2 aromatic heterocycles. The van der Waals surface area contributed by atoms with E-state index in [-0.39, 0.29) is 23.2 Å². The molecule has 6 rings (SSSR count). The van der Waals surface area contributed by atoms with Crippen LogP contribution in [0.1, 0.15) is 46.5 Å². The monoisotopic (exact) mass is 457 g/mol. The van der Waals surface area contributed by atoms with Crippen molar-refractivity contribution in [1.29, 1.82) is 0 Å². The standard InChI is InChI=1S/C26H23N3O3S/c30-23(16-6-3-7-16)22-24(31)20(13-18-14-28-25-19(18)8-4-10-27-25)32-26(22)29-11-12-33-21-9-2-1-5-17(21)15-29/h1-2,4-5,8-10,13-14,16,31H,3,6-7,11-12,15H2. The Labute approximate surface area is 196 Å². The van der Waals surface area contributed by atoms with Crippen LogP contribution < -0.4 is 4.90 Å². The fourth-order valence-electron chi connectivity index (χ4n) is 4.53. The van der Waals surface area contributed by atoms with E-state index < -0.39 is 0 Å². The molecule has 33 heavy (non-hydrogen) atoms. The van der Waals surface area contributed by atoms with Gasteiger partial charge in [-0.15, -0.1) is 11.8 Å². The van der Waals surface area contributed by atoms with Crippen LogP contribution in [0.15, 0.2) is 56.9 Å². The number of hydrogen-bond donors (Lipinski definition) is 1. The van der Waals surface area contributed by atoms with Crippen LogP contribution in [0, 0.1) is 5.92 Å². The van der Waals surface area contributed by atoms with Gasteiger partial charge in [-0.1, -0.05) is 24.6 Å². The molecule has 0 bridgehead atoms. The third-order valence-corrected chi connectivity index (χ3v) is 7.66. The largest absolute Gasteiger partial charge is 0.504 e. The van der Waals surface area contributed by atoms with Gasteiger partial charge < -0.3 is 14.4 Å². The molecule has 1 fully saturated rings. The first-order valence-electron chi connectivity index (χ1n) is 11.3. The summed E-state index contributed by atoms with van der Waals surface area (Å²) in [4.78, 5) is 25.3. The van der Waals surface area contributed by atoms with Gasteiger partial charge in [-0.05, 0) is 42.7 Å². The Hall–Kier alpha value is -3.32. The minimum atomic E-state index is -0.0784. The third kappa shape index (κ3) is 3.56. The van der Waals surface area contributed by atoms with Crippen LogP contribution in [0.25, 0.3) is 11.6 Å². The molecule has 0 unspecified atom stereocenters. The number of carbonyl (C=O) groups is 1. The Kier molecular flexibility index (Phi) is 5.06. The Balaban J connectivity index is 1.43. The molecule has 0 atom stereocenters. The van der Waals surface area contributed by atoms with Crippen molar-refractivity contribution < 1.29 is 14.3 Å². The number of carbonyl (C=O) groups excluding carboxylic acids is 1. The number of hydrogen-bond acceptors (Lipinski definition) is 7. The second-order valence-corrected chi connectivity index (χ2v) is 9.73. The number of pyridine rings is 1. The number of aromatic nitrogens is 1. The molecule has 2 aliphatic heterocycles. The minimum absolute atomic E-state index is 0.0190. The summed E-state index contributed by atoms with van der Waals surface area (Å²) in [7, 11) is 0. The van der Waals surface area contributed by atoms with Crippen molar-refractivity contribution in [3.05, 3.63) is 65.0 Å². The highest BCUT2D eigenvalue weighted by molar-refractivity contribution is 7.99. The molecule has 1 aliphatic carbocycles. The normalized spacial score (nSPS) is 18.7. The second kappa shape index (κ2) is 8.23. The molecule has 4 heterocycles. The quantitative estimate of drug-likeness (QED) is 0.504. The first kappa shape index (κ1) is 20.3. The lowest BCUT2D eigenvalue weighted by atomic mass is 9.80. The van der Waals surface area contributed by atoms with Crippen molar-refractivity contribution in [2.75, 3.05) is 17.2 Å². The van der Waals surface area contributed by atoms with E-state index in [2.05, 4.69) is 27.0 Å². The molecule has 3 aromatic rings. The van der Waals surface area contributed by atoms with E-state index in [9.17, 15) is 9.90 Å². The molecule has 0 saturated heterocycles. The van der Waals surface area contributed by atoms with Gasteiger partial charge in [0.05, 0.1) is 0 Å². The summed E-state index contributed by atoms with van der Waals surface area (Å²) < 4.78 is 6.26. The van der Waals surface area contributed by atoms with E-state index in [4.69, 9.17) is 4.42 Å². The lowest BCUT2D eigenvalue weighted by Gasteiger charge is -2.26. The number of nitrogens with zero attached hydrogens (tertiary/aromatic N) is 3. The Bertz CT molecular complexity index is 1310. The van der Waals surface area contributed by atoms with Crippen LogP contribution in [-0.2, 0) is 6.54 Å². The summed E-state index contributed by atoms with van der Waals surface area (Å²) >= 11 is 1.81. The highest BCUT2D eigenvalue weighted by Gasteiger charge is 2.35. The van der Waals surface area contributed by atoms with Crippen molar-refractivity contribution in [3.8, 4) is 5.75 Å². The predicted molar refractivity (Wildman–Crippen MR) is 131 cm³/mol. The van der Waals surface area contributed by atoms with Gasteiger partial charge in [0, 0.05) is 53.2 Å². The van der Waals surface area contributed by atoms with Crippen molar-refractivity contribution >= 4 is 47.1 Å². The number of anilines is 1. The molecule has 1 N–H and O–H groups in total. The number of fused-ring (bicyclic) bond motifs is 2. The second-order valence-electron chi connectivity index (χ2n) is 8.60. The molecule has 1 saturated carbocycles. The Morgan fingerprint density at radius 1 is 1.21 bits per heavy atom. The van der Waals surface area contributed by atoms with Crippen LogP contribution in [-0.4, -0.2) is 34.4 Å². The Morgan fingerprint density at radius 2 is 2.09 bits per heavy atom. The highest BCUT2D eigenvalue weighted by Crippen LogP contribution is 2.44. The zero-order chi connectivity index (χ0) is 22.4. The summed E-state index contributed by atoms with van der Waals surface area (Å²) in [5, 5.41) is 11.2. The van der Waals surface area contributed by atoms with E-state index in [1.165, 1.54) is 10.5 Å². The van der Waals surface area contributed by atoms with Crippen LogP contribution in [0.2, 0.25) is 0 Å². The molecule has 1 aromatic carbocycles. The summed E-state index contributed by atoms with van der Waals surface area (Å²) in [5.41, 5.74) is 3.19. The fourth-order valence-corrected chi connectivity index (χ4v) is 5.55. The fraction of sp³-hybridized carbons (Fsp3) is 0.269. The van der Waals surface area contributed by atoms with Crippen LogP contribution in [0.4, 0.5) is 11.7 Å². The minimum Gasteiger partial charge on any atom is -0.504 e. The summed E-state index contributed by atoms with van der Waals surface area (Å²) in [6.07, 6.45) is 7.95. The van der Waals surface area contributed by atoms with Gasteiger partial charge in [0.15, 0.2) is 23.1 Å². The molecular formula is C26H23N3O3S. The van der Waals surface area contributed by atoms with E-state index in [1.807, 2.05) is 24.3 Å². The van der Waals surface area contributed by atoms with E-state index in [0.29, 0.717) is 23.8 Å². The number of furan rings is 1. The van der Waals surface area contributed by atoms with Gasteiger partial charge in [0.25, 0.3) is 0 Å². The van der Waals surface area contributed by atoms with Gasteiger partial charge in [-0.3, -0.25) is 4.79 Å². The highest BCUT2D eigenvalue weighted by atomic mass is 32.2. The first-order chi connectivity index (χ1) is 16.2. The van der Waals surface area contributed by atoms with Crippen LogP contribution >= 0.6 is 11.8 Å². The van der Waals surface area contributed by atoms with Crippen molar-refractivity contribution in [3.63, 3.8) is 0 Å². The number of Topliss-reactive ketones (excluding diaryl/α,β-unsaturated/α-hetero) is 1. The number of thioether (sulfide) groups is 1. The zero-order valence-electron chi connectivity index (χ0n) is 18.0. The lowest BCUT2D eigenvalue weighted by molar-refractivity contribution is 0.0852. The van der Waals surface area contributed by atoms with Gasteiger partial charge in [0.2, 0.25) is 5.88 Å². The summed E-state index contributed by atoms with van der Waals surface area (Å²) in [6, 6.07) is 12.1. The zero-order valence-corrected chi connectivity index (χ0v) is 18.8. The van der Waals surface area contributed by atoms with Crippen LogP contribution in [0.3, 0.4) is 0 Å². The molecule has 0 radical (unpaired) electrons.